The summed E-state index contributed by atoms with van der Waals surface area (Å²) in [5.74, 6) is 0.0277. The summed E-state index contributed by atoms with van der Waals surface area (Å²) < 4.78 is 0. The number of hydrogen-bond acceptors (Lipinski definition) is 2. The number of benzene rings is 2. The molecule has 0 aromatic heterocycles. The Balaban J connectivity index is 2.11. The number of rotatable bonds is 5. The highest BCUT2D eigenvalue weighted by Gasteiger charge is 2.08. The molecule has 1 amide bonds. The molecular formula is C17H19ClN2O. The van der Waals surface area contributed by atoms with Crippen LogP contribution in [0.1, 0.15) is 41.3 Å². The minimum atomic E-state index is -0.491. The Kier molecular flexibility index (Phi) is 4.86. The Morgan fingerprint density at radius 3 is 2.43 bits per heavy atom. The van der Waals surface area contributed by atoms with Crippen LogP contribution in [0.15, 0.2) is 42.5 Å². The van der Waals surface area contributed by atoms with Crippen LogP contribution in [0.3, 0.4) is 0 Å². The van der Waals surface area contributed by atoms with E-state index in [1.54, 1.807) is 18.2 Å². The third kappa shape index (κ3) is 3.99. The lowest BCUT2D eigenvalue weighted by molar-refractivity contribution is 0.100. The molecule has 0 aliphatic carbocycles. The van der Waals surface area contributed by atoms with E-state index in [0.717, 1.165) is 5.56 Å². The van der Waals surface area contributed by atoms with Crippen LogP contribution in [0.25, 0.3) is 0 Å². The van der Waals surface area contributed by atoms with Crippen molar-refractivity contribution < 1.29 is 4.79 Å². The molecule has 0 saturated heterocycles. The first-order valence-electron chi connectivity index (χ1n) is 6.89. The van der Waals surface area contributed by atoms with Crippen LogP contribution < -0.4 is 11.1 Å². The molecule has 0 aliphatic rings. The molecule has 0 aliphatic heterocycles. The zero-order valence-electron chi connectivity index (χ0n) is 12.2. The quantitative estimate of drug-likeness (QED) is 0.870. The molecule has 0 radical (unpaired) electrons. The van der Waals surface area contributed by atoms with E-state index < -0.39 is 5.91 Å². The summed E-state index contributed by atoms with van der Waals surface area (Å²) in [6.07, 6.45) is 0. The minimum absolute atomic E-state index is 0.404. The largest absolute Gasteiger partial charge is 0.380 e. The second-order valence-corrected chi connectivity index (χ2v) is 5.74. The average molecular weight is 303 g/mol. The van der Waals surface area contributed by atoms with Gasteiger partial charge in [0.15, 0.2) is 0 Å². The number of anilines is 1. The van der Waals surface area contributed by atoms with Gasteiger partial charge in [-0.2, -0.15) is 0 Å². The summed E-state index contributed by atoms with van der Waals surface area (Å²) in [7, 11) is 0. The third-order valence-corrected chi connectivity index (χ3v) is 3.61. The van der Waals surface area contributed by atoms with Gasteiger partial charge in [0.05, 0.1) is 5.56 Å². The van der Waals surface area contributed by atoms with E-state index in [2.05, 4.69) is 43.4 Å². The molecule has 2 rings (SSSR count). The predicted octanol–water partition coefficient (Wildman–Crippen LogP) is 4.17. The fourth-order valence-corrected chi connectivity index (χ4v) is 2.26. The highest BCUT2D eigenvalue weighted by atomic mass is 35.5. The molecule has 4 heteroatoms. The molecule has 110 valence electrons. The topological polar surface area (TPSA) is 55.1 Å². The molecule has 3 N–H and O–H groups in total. The van der Waals surface area contributed by atoms with Crippen LogP contribution >= 0.6 is 11.6 Å². The number of carbonyl (C=O) groups excluding carboxylic acids is 1. The lowest BCUT2D eigenvalue weighted by Crippen LogP contribution is -2.14. The van der Waals surface area contributed by atoms with Crippen LogP contribution in [0.2, 0.25) is 5.02 Å². The Morgan fingerprint density at radius 2 is 1.86 bits per heavy atom. The summed E-state index contributed by atoms with van der Waals surface area (Å²) in [5.41, 5.74) is 8.92. The fourth-order valence-electron chi connectivity index (χ4n) is 2.09. The number of hydrogen-bond donors (Lipinski definition) is 2. The van der Waals surface area contributed by atoms with Gasteiger partial charge in [0.1, 0.15) is 0 Å². The van der Waals surface area contributed by atoms with Gasteiger partial charge in [-0.05, 0) is 35.2 Å². The van der Waals surface area contributed by atoms with Crippen molar-refractivity contribution in [2.45, 2.75) is 26.3 Å². The van der Waals surface area contributed by atoms with E-state index in [4.69, 9.17) is 17.3 Å². The smallest absolute Gasteiger partial charge is 0.250 e. The van der Waals surface area contributed by atoms with Gasteiger partial charge >= 0.3 is 0 Å². The lowest BCUT2D eigenvalue weighted by Gasteiger charge is -2.11. The maximum atomic E-state index is 11.4. The number of nitrogens with one attached hydrogen (secondary N) is 1. The molecule has 0 heterocycles. The van der Waals surface area contributed by atoms with Crippen molar-refractivity contribution in [2.75, 3.05) is 5.32 Å². The van der Waals surface area contributed by atoms with Crippen molar-refractivity contribution in [1.82, 2.24) is 0 Å². The number of amides is 1. The number of nitrogens with two attached hydrogens (primary N) is 1. The van der Waals surface area contributed by atoms with Gasteiger partial charge in [0.25, 0.3) is 5.91 Å². The van der Waals surface area contributed by atoms with Gasteiger partial charge in [-0.25, -0.2) is 0 Å². The maximum absolute atomic E-state index is 11.4. The van der Waals surface area contributed by atoms with Gasteiger partial charge in [0, 0.05) is 17.3 Å². The SMILES string of the molecule is CC(C)c1ccc(CNc2ccc(Cl)cc2C(N)=O)cc1. The highest BCUT2D eigenvalue weighted by Crippen LogP contribution is 2.21. The van der Waals surface area contributed by atoms with Crippen LogP contribution in [-0.4, -0.2) is 5.91 Å². The van der Waals surface area contributed by atoms with Gasteiger partial charge < -0.3 is 11.1 Å². The van der Waals surface area contributed by atoms with Crippen LogP contribution in [0, 0.1) is 0 Å². The Morgan fingerprint density at radius 1 is 1.19 bits per heavy atom. The van der Waals surface area contributed by atoms with Gasteiger partial charge in [-0.1, -0.05) is 49.7 Å². The molecule has 0 saturated carbocycles. The molecule has 2 aromatic carbocycles. The van der Waals surface area contributed by atoms with Crippen molar-refractivity contribution in [2.24, 2.45) is 5.73 Å². The van der Waals surface area contributed by atoms with E-state index in [1.807, 2.05) is 0 Å². The molecule has 2 aromatic rings. The van der Waals surface area contributed by atoms with Crippen LogP contribution in [0.4, 0.5) is 5.69 Å². The summed E-state index contributed by atoms with van der Waals surface area (Å²) in [6, 6.07) is 13.5. The van der Waals surface area contributed by atoms with Gasteiger partial charge in [0.2, 0.25) is 0 Å². The predicted molar refractivity (Wildman–Crippen MR) is 87.8 cm³/mol. The van der Waals surface area contributed by atoms with Crippen LogP contribution in [-0.2, 0) is 6.54 Å². The summed E-state index contributed by atoms with van der Waals surface area (Å²) in [6.45, 7) is 4.96. The monoisotopic (exact) mass is 302 g/mol. The molecule has 0 bridgehead atoms. The molecule has 0 spiro atoms. The number of primary amides is 1. The van der Waals surface area contributed by atoms with E-state index in [1.165, 1.54) is 5.56 Å². The molecule has 0 fully saturated rings. The van der Waals surface area contributed by atoms with Gasteiger partial charge in [-0.3, -0.25) is 4.79 Å². The second-order valence-electron chi connectivity index (χ2n) is 5.30. The molecule has 21 heavy (non-hydrogen) atoms. The van der Waals surface area contributed by atoms with E-state index in [0.29, 0.717) is 28.7 Å². The van der Waals surface area contributed by atoms with Crippen molar-refractivity contribution in [3.05, 3.63) is 64.2 Å². The van der Waals surface area contributed by atoms with E-state index in [9.17, 15) is 4.79 Å². The first-order chi connectivity index (χ1) is 9.97. The summed E-state index contributed by atoms with van der Waals surface area (Å²) in [4.78, 5) is 11.4. The van der Waals surface area contributed by atoms with Gasteiger partial charge in [-0.15, -0.1) is 0 Å². The first kappa shape index (κ1) is 15.4. The second kappa shape index (κ2) is 6.64. The highest BCUT2D eigenvalue weighted by molar-refractivity contribution is 6.31. The molecule has 0 unspecified atom stereocenters. The lowest BCUT2D eigenvalue weighted by atomic mass is 10.0. The normalized spacial score (nSPS) is 10.7. The molecule has 0 atom stereocenters. The number of halogens is 1. The third-order valence-electron chi connectivity index (χ3n) is 3.38. The standard InChI is InChI=1S/C17H19ClN2O/c1-11(2)13-5-3-12(4-6-13)10-20-16-8-7-14(18)9-15(16)17(19)21/h3-9,11,20H,10H2,1-2H3,(H2,19,21). The van der Waals surface area contributed by atoms with Crippen molar-refractivity contribution in [1.29, 1.82) is 0 Å². The zero-order chi connectivity index (χ0) is 15.4. The van der Waals surface area contributed by atoms with Crippen molar-refractivity contribution in [3.63, 3.8) is 0 Å². The zero-order valence-corrected chi connectivity index (χ0v) is 12.9. The molecule has 3 nitrogen and oxygen atoms in total. The fraction of sp³-hybridized carbons (Fsp3) is 0.235. The number of carbonyl (C=O) groups is 1. The Bertz CT molecular complexity index is 636. The van der Waals surface area contributed by atoms with E-state index >= 15 is 0 Å². The average Bonchev–Trinajstić information content (AvgIpc) is 2.46. The van der Waals surface area contributed by atoms with Crippen molar-refractivity contribution >= 4 is 23.2 Å². The summed E-state index contributed by atoms with van der Waals surface area (Å²) in [5, 5.41) is 3.72. The Labute approximate surface area is 130 Å². The molecular weight excluding hydrogens is 284 g/mol. The van der Waals surface area contributed by atoms with Crippen molar-refractivity contribution in [3.8, 4) is 0 Å². The minimum Gasteiger partial charge on any atom is -0.380 e. The van der Waals surface area contributed by atoms with Crippen LogP contribution in [0.5, 0.6) is 0 Å². The first-order valence-corrected chi connectivity index (χ1v) is 7.27. The Hall–Kier alpha value is -2.00. The van der Waals surface area contributed by atoms with E-state index in [-0.39, 0.29) is 0 Å². The summed E-state index contributed by atoms with van der Waals surface area (Å²) >= 11 is 5.89. The maximum Gasteiger partial charge on any atom is 0.250 e.